The van der Waals surface area contributed by atoms with E-state index in [1.54, 1.807) is 11.3 Å². The van der Waals surface area contributed by atoms with Crippen LogP contribution in [-0.2, 0) is 13.0 Å². The first-order chi connectivity index (χ1) is 12.1. The van der Waals surface area contributed by atoms with E-state index in [1.807, 2.05) is 0 Å². The molecule has 2 heterocycles. The minimum absolute atomic E-state index is 0.593. The molecule has 2 aromatic rings. The molecule has 134 valence electrons. The summed E-state index contributed by atoms with van der Waals surface area (Å²) in [6.07, 6.45) is 1.11. The molecule has 1 saturated heterocycles. The van der Waals surface area contributed by atoms with Crippen LogP contribution in [0.1, 0.15) is 48.9 Å². The molecule has 1 aromatic carbocycles. The fraction of sp³-hybridized carbons (Fsp3) is 0.455. The van der Waals surface area contributed by atoms with E-state index < -0.39 is 0 Å². The van der Waals surface area contributed by atoms with Gasteiger partial charge in [0.15, 0.2) is 0 Å². The number of rotatable bonds is 6. The van der Waals surface area contributed by atoms with E-state index >= 15 is 0 Å². The molecule has 0 N–H and O–H groups in total. The Balaban J connectivity index is 1.62. The van der Waals surface area contributed by atoms with Gasteiger partial charge in [0.2, 0.25) is 0 Å². The molecule has 1 fully saturated rings. The van der Waals surface area contributed by atoms with Crippen LogP contribution in [0.25, 0.3) is 5.70 Å². The Morgan fingerprint density at radius 2 is 1.88 bits per heavy atom. The Bertz CT molecular complexity index is 695. The van der Waals surface area contributed by atoms with Crippen LogP contribution in [0.3, 0.4) is 0 Å². The summed E-state index contributed by atoms with van der Waals surface area (Å²) in [7, 11) is 0. The van der Waals surface area contributed by atoms with E-state index in [2.05, 4.69) is 72.2 Å². The fourth-order valence-electron chi connectivity index (χ4n) is 3.53. The molecule has 1 aromatic heterocycles. The highest BCUT2D eigenvalue weighted by atomic mass is 32.1. The van der Waals surface area contributed by atoms with Crippen molar-refractivity contribution in [1.82, 2.24) is 9.80 Å². The van der Waals surface area contributed by atoms with Crippen molar-refractivity contribution < 1.29 is 0 Å². The van der Waals surface area contributed by atoms with Gasteiger partial charge in [-0.15, -0.1) is 0 Å². The Morgan fingerprint density at radius 1 is 1.12 bits per heavy atom. The molecule has 25 heavy (non-hydrogen) atoms. The van der Waals surface area contributed by atoms with E-state index in [0.717, 1.165) is 39.1 Å². The highest BCUT2D eigenvalue weighted by Gasteiger charge is 2.19. The summed E-state index contributed by atoms with van der Waals surface area (Å²) in [5.74, 6) is 0.593. The molecule has 0 atom stereocenters. The first kappa shape index (κ1) is 18.2. The Hall–Kier alpha value is -1.58. The van der Waals surface area contributed by atoms with Gasteiger partial charge in [-0.1, -0.05) is 45.5 Å². The second kappa shape index (κ2) is 8.20. The van der Waals surface area contributed by atoms with Crippen molar-refractivity contribution in [3.05, 3.63) is 63.9 Å². The van der Waals surface area contributed by atoms with E-state index in [-0.39, 0.29) is 0 Å². The number of aryl methyl sites for hydroxylation is 1. The summed E-state index contributed by atoms with van der Waals surface area (Å²) in [5.41, 5.74) is 6.92. The molecule has 1 aliphatic heterocycles. The molecule has 0 radical (unpaired) electrons. The van der Waals surface area contributed by atoms with Gasteiger partial charge in [0.1, 0.15) is 0 Å². The van der Waals surface area contributed by atoms with Gasteiger partial charge < -0.3 is 4.90 Å². The van der Waals surface area contributed by atoms with E-state index in [1.165, 1.54) is 28.0 Å². The van der Waals surface area contributed by atoms with Gasteiger partial charge in [-0.2, -0.15) is 11.3 Å². The maximum absolute atomic E-state index is 4.30. The third-order valence-electron chi connectivity index (χ3n) is 5.28. The Kier molecular flexibility index (Phi) is 5.98. The summed E-state index contributed by atoms with van der Waals surface area (Å²) in [4.78, 5) is 5.03. The molecule has 0 unspecified atom stereocenters. The summed E-state index contributed by atoms with van der Waals surface area (Å²) in [6, 6.07) is 9.24. The van der Waals surface area contributed by atoms with Crippen molar-refractivity contribution in [2.75, 3.05) is 26.2 Å². The zero-order valence-electron chi connectivity index (χ0n) is 15.8. The summed E-state index contributed by atoms with van der Waals surface area (Å²) < 4.78 is 0. The first-order valence-corrected chi connectivity index (χ1v) is 10.3. The van der Waals surface area contributed by atoms with E-state index in [4.69, 9.17) is 0 Å². The quantitative estimate of drug-likeness (QED) is 0.701. The van der Waals surface area contributed by atoms with E-state index in [0.29, 0.717) is 5.92 Å². The second-order valence-electron chi connectivity index (χ2n) is 7.26. The first-order valence-electron chi connectivity index (χ1n) is 9.39. The summed E-state index contributed by atoms with van der Waals surface area (Å²) in [6.45, 7) is 16.5. The zero-order chi connectivity index (χ0) is 17.8. The van der Waals surface area contributed by atoms with Crippen LogP contribution in [0.4, 0.5) is 0 Å². The van der Waals surface area contributed by atoms with Crippen LogP contribution in [0, 0.1) is 0 Å². The third kappa shape index (κ3) is 4.34. The number of benzene rings is 1. The van der Waals surface area contributed by atoms with Crippen molar-refractivity contribution in [3.63, 3.8) is 0 Å². The third-order valence-corrected chi connectivity index (χ3v) is 5.96. The molecule has 0 saturated carbocycles. The molecule has 0 bridgehead atoms. The van der Waals surface area contributed by atoms with Crippen molar-refractivity contribution >= 4 is 17.0 Å². The number of hydrogen-bond donors (Lipinski definition) is 0. The standard InChI is InChI=1S/C22H30N2S/c1-5-19-6-7-20(17(2)3)14-22(19)15-23-9-11-24(12-10-23)18(4)21-8-13-25-16-21/h6-8,13-14,16-17H,4-5,9-12,15H2,1-3H3. The predicted molar refractivity (Wildman–Crippen MR) is 110 cm³/mol. The largest absolute Gasteiger partial charge is 0.369 e. The van der Waals surface area contributed by atoms with Gasteiger partial charge in [0.25, 0.3) is 0 Å². The molecule has 0 amide bonds. The lowest BCUT2D eigenvalue weighted by Crippen LogP contribution is -2.44. The summed E-state index contributed by atoms with van der Waals surface area (Å²) >= 11 is 1.74. The fourth-order valence-corrected chi connectivity index (χ4v) is 4.19. The van der Waals surface area contributed by atoms with Gasteiger partial charge >= 0.3 is 0 Å². The van der Waals surface area contributed by atoms with Gasteiger partial charge in [-0.05, 0) is 45.9 Å². The average Bonchev–Trinajstić information content (AvgIpc) is 3.16. The lowest BCUT2D eigenvalue weighted by molar-refractivity contribution is 0.169. The molecule has 1 aliphatic rings. The Morgan fingerprint density at radius 3 is 2.48 bits per heavy atom. The van der Waals surface area contributed by atoms with Crippen LogP contribution in [0.5, 0.6) is 0 Å². The highest BCUT2D eigenvalue weighted by Crippen LogP contribution is 2.24. The van der Waals surface area contributed by atoms with E-state index in [9.17, 15) is 0 Å². The molecule has 2 nitrogen and oxygen atoms in total. The van der Waals surface area contributed by atoms with Crippen LogP contribution in [-0.4, -0.2) is 36.0 Å². The molecule has 3 heteroatoms. The summed E-state index contributed by atoms with van der Waals surface area (Å²) in [5, 5.41) is 4.32. The smallest absolute Gasteiger partial charge is 0.0376 e. The van der Waals surface area contributed by atoms with Gasteiger partial charge in [-0.25, -0.2) is 0 Å². The monoisotopic (exact) mass is 354 g/mol. The van der Waals surface area contributed by atoms with Crippen LogP contribution in [0.2, 0.25) is 0 Å². The lowest BCUT2D eigenvalue weighted by Gasteiger charge is -2.37. The Labute approximate surface area is 156 Å². The minimum Gasteiger partial charge on any atom is -0.369 e. The highest BCUT2D eigenvalue weighted by molar-refractivity contribution is 7.08. The van der Waals surface area contributed by atoms with Crippen molar-refractivity contribution in [1.29, 1.82) is 0 Å². The number of nitrogens with zero attached hydrogens (tertiary/aromatic N) is 2. The lowest BCUT2D eigenvalue weighted by atomic mass is 9.96. The number of piperazine rings is 1. The molecule has 3 rings (SSSR count). The van der Waals surface area contributed by atoms with Crippen LogP contribution < -0.4 is 0 Å². The predicted octanol–water partition coefficient (Wildman–Crippen LogP) is 5.22. The zero-order valence-corrected chi connectivity index (χ0v) is 16.6. The second-order valence-corrected chi connectivity index (χ2v) is 8.04. The maximum atomic E-state index is 4.30. The molecule has 0 aliphatic carbocycles. The average molecular weight is 355 g/mol. The van der Waals surface area contributed by atoms with Crippen LogP contribution in [0.15, 0.2) is 41.6 Å². The van der Waals surface area contributed by atoms with Crippen LogP contribution >= 0.6 is 11.3 Å². The van der Waals surface area contributed by atoms with Crippen molar-refractivity contribution in [3.8, 4) is 0 Å². The van der Waals surface area contributed by atoms with Crippen molar-refractivity contribution in [2.45, 2.75) is 39.7 Å². The van der Waals surface area contributed by atoms with Gasteiger partial charge in [0, 0.05) is 44.0 Å². The number of thiophene rings is 1. The topological polar surface area (TPSA) is 6.48 Å². The SMILES string of the molecule is C=C(c1ccsc1)N1CCN(Cc2cc(C(C)C)ccc2CC)CC1. The normalized spacial score (nSPS) is 15.8. The number of hydrogen-bond acceptors (Lipinski definition) is 3. The molecular formula is C22H30N2S. The maximum Gasteiger partial charge on any atom is 0.0376 e. The van der Waals surface area contributed by atoms with Gasteiger partial charge in [0.05, 0.1) is 0 Å². The van der Waals surface area contributed by atoms with Crippen molar-refractivity contribution in [2.24, 2.45) is 0 Å². The van der Waals surface area contributed by atoms with Gasteiger partial charge in [-0.3, -0.25) is 4.90 Å². The minimum atomic E-state index is 0.593. The molecule has 0 spiro atoms. The molecular weight excluding hydrogens is 324 g/mol.